The molecule has 2 heterocycles. The Morgan fingerprint density at radius 3 is 2.78 bits per heavy atom. The highest BCUT2D eigenvalue weighted by molar-refractivity contribution is 5.91. The number of nitrogens with zero attached hydrogens (tertiary/aromatic N) is 2. The van der Waals surface area contributed by atoms with Crippen molar-refractivity contribution in [1.82, 2.24) is 15.3 Å². The van der Waals surface area contributed by atoms with E-state index in [9.17, 15) is 14.4 Å². The minimum Gasteiger partial charge on any atom is -0.462 e. The number of hydrogen-bond acceptors (Lipinski definition) is 5. The summed E-state index contributed by atoms with van der Waals surface area (Å²) in [4.78, 5) is 35.7. The predicted octanol–water partition coefficient (Wildman–Crippen LogP) is -1.11. The summed E-state index contributed by atoms with van der Waals surface area (Å²) in [5.41, 5.74) is 0. The van der Waals surface area contributed by atoms with Crippen molar-refractivity contribution < 1.29 is 19.1 Å². The molecule has 0 spiro atoms. The van der Waals surface area contributed by atoms with E-state index in [0.29, 0.717) is 19.4 Å². The fraction of sp³-hybridized carbons (Fsp3) is 0.727. The van der Waals surface area contributed by atoms with Gasteiger partial charge < -0.3 is 10.1 Å². The first-order valence-corrected chi connectivity index (χ1v) is 6.01. The van der Waals surface area contributed by atoms with E-state index >= 15 is 0 Å². The predicted molar refractivity (Wildman–Crippen MR) is 61.1 cm³/mol. The lowest BCUT2D eigenvalue weighted by molar-refractivity contribution is -0.178. The highest BCUT2D eigenvalue weighted by Crippen LogP contribution is 2.23. The highest BCUT2D eigenvalue weighted by Gasteiger charge is 2.44. The number of fused-ring (bicyclic) bond motifs is 1. The van der Waals surface area contributed by atoms with Gasteiger partial charge in [0.1, 0.15) is 12.6 Å². The van der Waals surface area contributed by atoms with Crippen LogP contribution in [0.15, 0.2) is 0 Å². The molecule has 0 saturated carbocycles. The molecule has 0 bridgehead atoms. The van der Waals surface area contributed by atoms with Gasteiger partial charge in [0.25, 0.3) is 5.91 Å². The van der Waals surface area contributed by atoms with Crippen molar-refractivity contribution in [2.24, 2.45) is 0 Å². The number of amides is 2. The zero-order valence-corrected chi connectivity index (χ0v) is 10.5. The molecule has 2 fully saturated rings. The van der Waals surface area contributed by atoms with Gasteiger partial charge in [0.05, 0.1) is 0 Å². The van der Waals surface area contributed by atoms with Crippen LogP contribution in [0.2, 0.25) is 0 Å². The van der Waals surface area contributed by atoms with E-state index in [4.69, 9.17) is 4.74 Å². The summed E-state index contributed by atoms with van der Waals surface area (Å²) >= 11 is 0. The number of hydrazine groups is 1. The van der Waals surface area contributed by atoms with E-state index < -0.39 is 18.1 Å². The molecule has 18 heavy (non-hydrogen) atoms. The molecule has 0 aliphatic carbocycles. The third-order valence-electron chi connectivity index (χ3n) is 3.30. The third kappa shape index (κ3) is 2.05. The zero-order valence-electron chi connectivity index (χ0n) is 10.5. The molecule has 2 amide bonds. The molecule has 7 heteroatoms. The number of nitrogens with one attached hydrogen (secondary N) is 1. The number of cyclic esters (lactones) is 1. The lowest BCUT2D eigenvalue weighted by Gasteiger charge is -2.41. The van der Waals surface area contributed by atoms with Gasteiger partial charge in [-0.2, -0.15) is 0 Å². The molecule has 0 aromatic rings. The fourth-order valence-electron chi connectivity index (χ4n) is 2.33. The first-order chi connectivity index (χ1) is 8.56. The van der Waals surface area contributed by atoms with Crippen molar-refractivity contribution in [3.05, 3.63) is 0 Å². The average Bonchev–Trinajstić information content (AvgIpc) is 2.48. The van der Waals surface area contributed by atoms with Gasteiger partial charge >= 0.3 is 5.97 Å². The minimum absolute atomic E-state index is 0.00686. The van der Waals surface area contributed by atoms with Crippen molar-refractivity contribution in [2.75, 3.05) is 20.2 Å². The molecule has 0 radical (unpaired) electrons. The second kappa shape index (κ2) is 4.93. The van der Waals surface area contributed by atoms with Crippen LogP contribution in [-0.2, 0) is 19.1 Å². The molecular weight excluding hydrogens is 238 g/mol. The van der Waals surface area contributed by atoms with Crippen molar-refractivity contribution in [3.63, 3.8) is 0 Å². The van der Waals surface area contributed by atoms with E-state index in [1.165, 1.54) is 16.9 Å². The molecule has 100 valence electrons. The largest absolute Gasteiger partial charge is 0.462 e. The molecule has 2 rings (SSSR count). The van der Waals surface area contributed by atoms with Crippen LogP contribution in [0.4, 0.5) is 0 Å². The first kappa shape index (κ1) is 12.8. The van der Waals surface area contributed by atoms with Crippen molar-refractivity contribution in [2.45, 2.75) is 31.8 Å². The van der Waals surface area contributed by atoms with Gasteiger partial charge in [-0.3, -0.25) is 14.6 Å². The van der Waals surface area contributed by atoms with Crippen molar-refractivity contribution >= 4 is 17.8 Å². The summed E-state index contributed by atoms with van der Waals surface area (Å²) in [5, 5.41) is 5.41. The summed E-state index contributed by atoms with van der Waals surface area (Å²) in [6.45, 7) is 1.86. The Bertz CT molecular complexity index is 384. The number of carbonyl (C=O) groups excluding carboxylic acids is 3. The summed E-state index contributed by atoms with van der Waals surface area (Å²) < 4.78 is 5.07. The zero-order chi connectivity index (χ0) is 13.3. The Balaban J connectivity index is 2.34. The molecule has 1 N–H and O–H groups in total. The third-order valence-corrected chi connectivity index (χ3v) is 3.30. The SMILES string of the molecule is CN[C@H]1COC(=O)C2CCCN(C(C)=O)N2C1=O. The standard InChI is InChI=1S/C11H17N3O4/c1-7(15)13-5-3-4-9-11(17)18-6-8(12-2)10(16)14(9)13/h8-9,12H,3-6H2,1-2H3/t8-,9?/m0/s1. The van der Waals surface area contributed by atoms with E-state index in [-0.39, 0.29) is 18.4 Å². The number of hydrogen-bond donors (Lipinski definition) is 1. The molecule has 2 aliphatic rings. The maximum absolute atomic E-state index is 12.3. The quantitative estimate of drug-likeness (QED) is 0.601. The monoisotopic (exact) mass is 255 g/mol. The van der Waals surface area contributed by atoms with Gasteiger partial charge in [-0.15, -0.1) is 0 Å². The second-order valence-electron chi connectivity index (χ2n) is 4.45. The summed E-state index contributed by atoms with van der Waals surface area (Å²) in [6, 6.07) is -1.27. The molecular formula is C11H17N3O4. The van der Waals surface area contributed by atoms with Crippen LogP contribution in [0.25, 0.3) is 0 Å². The lowest BCUT2D eigenvalue weighted by atomic mass is 10.1. The van der Waals surface area contributed by atoms with E-state index in [1.807, 2.05) is 0 Å². The van der Waals surface area contributed by atoms with Gasteiger partial charge in [0.2, 0.25) is 5.91 Å². The van der Waals surface area contributed by atoms with Gasteiger partial charge in [0, 0.05) is 13.5 Å². The van der Waals surface area contributed by atoms with Crippen molar-refractivity contribution in [1.29, 1.82) is 0 Å². The average molecular weight is 255 g/mol. The summed E-state index contributed by atoms with van der Waals surface area (Å²) in [5.74, 6) is -0.965. The smallest absolute Gasteiger partial charge is 0.331 e. The molecule has 2 atom stereocenters. The van der Waals surface area contributed by atoms with Crippen LogP contribution >= 0.6 is 0 Å². The summed E-state index contributed by atoms with van der Waals surface area (Å²) in [6.07, 6.45) is 1.22. The van der Waals surface area contributed by atoms with Crippen LogP contribution in [0.1, 0.15) is 19.8 Å². The van der Waals surface area contributed by atoms with E-state index in [2.05, 4.69) is 5.32 Å². The first-order valence-electron chi connectivity index (χ1n) is 6.01. The molecule has 2 aliphatic heterocycles. The second-order valence-corrected chi connectivity index (χ2v) is 4.45. The molecule has 2 saturated heterocycles. The number of esters is 1. The normalized spacial score (nSPS) is 28.6. The number of likely N-dealkylation sites (N-methyl/N-ethyl adjacent to an activating group) is 1. The number of carbonyl (C=O) groups is 3. The molecule has 1 unspecified atom stereocenters. The fourth-order valence-corrected chi connectivity index (χ4v) is 2.33. The van der Waals surface area contributed by atoms with Gasteiger partial charge in [0.15, 0.2) is 6.04 Å². The van der Waals surface area contributed by atoms with Crippen LogP contribution < -0.4 is 5.32 Å². The van der Waals surface area contributed by atoms with E-state index in [1.54, 1.807) is 7.05 Å². The lowest BCUT2D eigenvalue weighted by Crippen LogP contribution is -2.61. The Labute approximate surface area is 105 Å². The van der Waals surface area contributed by atoms with Crippen LogP contribution in [0.5, 0.6) is 0 Å². The number of rotatable bonds is 1. The Morgan fingerprint density at radius 1 is 1.44 bits per heavy atom. The Hall–Kier alpha value is -1.63. The number of ether oxygens (including phenoxy) is 1. The topological polar surface area (TPSA) is 79.0 Å². The highest BCUT2D eigenvalue weighted by atomic mass is 16.5. The van der Waals surface area contributed by atoms with Gasteiger partial charge in [-0.05, 0) is 19.9 Å². The molecule has 0 aromatic heterocycles. The maximum Gasteiger partial charge on any atom is 0.331 e. The Kier molecular flexibility index (Phi) is 3.51. The minimum atomic E-state index is -0.673. The Morgan fingerprint density at radius 2 is 2.17 bits per heavy atom. The molecule has 0 aromatic carbocycles. The van der Waals surface area contributed by atoms with E-state index in [0.717, 1.165) is 0 Å². The van der Waals surface area contributed by atoms with Crippen LogP contribution in [0, 0.1) is 0 Å². The molecule has 7 nitrogen and oxygen atoms in total. The maximum atomic E-state index is 12.3. The van der Waals surface area contributed by atoms with Crippen molar-refractivity contribution in [3.8, 4) is 0 Å². The van der Waals surface area contributed by atoms with Crippen LogP contribution in [-0.4, -0.2) is 60.1 Å². The summed E-state index contributed by atoms with van der Waals surface area (Å²) in [7, 11) is 1.62. The van der Waals surface area contributed by atoms with Gasteiger partial charge in [-0.25, -0.2) is 9.80 Å². The van der Waals surface area contributed by atoms with Crippen LogP contribution in [0.3, 0.4) is 0 Å². The van der Waals surface area contributed by atoms with Gasteiger partial charge in [-0.1, -0.05) is 0 Å².